The zero-order chi connectivity index (χ0) is 19.6. The Labute approximate surface area is 172 Å². The molecule has 2 heterocycles. The van der Waals surface area contributed by atoms with Crippen LogP contribution in [0.2, 0.25) is 0 Å². The lowest BCUT2D eigenvalue weighted by atomic mass is 9.66. The van der Waals surface area contributed by atoms with E-state index in [1.54, 1.807) is 6.08 Å². The Hall–Kier alpha value is -1.91. The second-order valence-corrected chi connectivity index (χ2v) is 9.60. The molecule has 1 aliphatic heterocycles. The van der Waals surface area contributed by atoms with E-state index in [9.17, 15) is 4.79 Å². The van der Waals surface area contributed by atoms with Gasteiger partial charge >= 0.3 is 0 Å². The van der Waals surface area contributed by atoms with Crippen LogP contribution in [0.15, 0.2) is 53.9 Å². The van der Waals surface area contributed by atoms with Gasteiger partial charge in [-0.1, -0.05) is 36.4 Å². The summed E-state index contributed by atoms with van der Waals surface area (Å²) in [7, 11) is 4.44. The predicted molar refractivity (Wildman–Crippen MR) is 117 cm³/mol. The Morgan fingerprint density at radius 3 is 2.43 bits per heavy atom. The van der Waals surface area contributed by atoms with E-state index in [0.717, 1.165) is 25.1 Å². The topological polar surface area (TPSA) is 23.6 Å². The Balaban J connectivity index is 1.40. The number of benzene rings is 1. The first-order valence-corrected chi connectivity index (χ1v) is 11.1. The Bertz CT molecular complexity index is 818. The summed E-state index contributed by atoms with van der Waals surface area (Å²) in [5, 5.41) is 2.19. The van der Waals surface area contributed by atoms with E-state index in [0.29, 0.717) is 5.41 Å². The molecule has 1 saturated heterocycles. The van der Waals surface area contributed by atoms with Gasteiger partial charge in [-0.2, -0.15) is 0 Å². The van der Waals surface area contributed by atoms with Gasteiger partial charge < -0.3 is 4.90 Å². The second-order valence-electron chi connectivity index (χ2n) is 8.66. The average molecular weight is 395 g/mol. The normalized spacial score (nSPS) is 27.9. The van der Waals surface area contributed by atoms with Crippen LogP contribution in [0.25, 0.3) is 6.08 Å². The third-order valence-electron chi connectivity index (χ3n) is 6.94. The first kappa shape index (κ1) is 19.4. The van der Waals surface area contributed by atoms with Crippen molar-refractivity contribution in [3.05, 3.63) is 64.4 Å². The largest absolute Gasteiger partial charge is 0.339 e. The van der Waals surface area contributed by atoms with Crippen molar-refractivity contribution in [2.45, 2.75) is 37.6 Å². The summed E-state index contributed by atoms with van der Waals surface area (Å²) in [4.78, 5) is 18.7. The van der Waals surface area contributed by atoms with Crippen LogP contribution in [0.5, 0.6) is 0 Å². The van der Waals surface area contributed by atoms with E-state index >= 15 is 0 Å². The molecule has 0 radical (unpaired) electrons. The van der Waals surface area contributed by atoms with Crippen molar-refractivity contribution < 1.29 is 4.79 Å². The Morgan fingerprint density at radius 2 is 1.79 bits per heavy atom. The van der Waals surface area contributed by atoms with Gasteiger partial charge in [0.2, 0.25) is 5.91 Å². The van der Waals surface area contributed by atoms with Gasteiger partial charge in [-0.05, 0) is 74.7 Å². The predicted octanol–water partition coefficient (Wildman–Crippen LogP) is 5.01. The molecule has 1 saturated carbocycles. The fraction of sp³-hybridized carbons (Fsp3) is 0.458. The zero-order valence-corrected chi connectivity index (χ0v) is 17.8. The van der Waals surface area contributed by atoms with Crippen LogP contribution >= 0.6 is 11.3 Å². The molecule has 0 N–H and O–H groups in total. The van der Waals surface area contributed by atoms with Gasteiger partial charge in [0.25, 0.3) is 0 Å². The third kappa shape index (κ3) is 3.68. The molecule has 2 fully saturated rings. The number of rotatable bonds is 4. The summed E-state index contributed by atoms with van der Waals surface area (Å²) < 4.78 is 0. The molecule has 1 aromatic carbocycles. The minimum Gasteiger partial charge on any atom is -0.339 e. The van der Waals surface area contributed by atoms with Crippen LogP contribution in [0, 0.1) is 5.41 Å². The lowest BCUT2D eigenvalue weighted by Crippen LogP contribution is -2.47. The van der Waals surface area contributed by atoms with Crippen LogP contribution in [0.3, 0.4) is 0 Å². The first-order valence-electron chi connectivity index (χ1n) is 10.3. The van der Waals surface area contributed by atoms with Gasteiger partial charge in [0.1, 0.15) is 0 Å². The molecular formula is C24H30N2OS. The van der Waals surface area contributed by atoms with E-state index in [4.69, 9.17) is 0 Å². The van der Waals surface area contributed by atoms with Crippen molar-refractivity contribution in [1.82, 2.24) is 9.80 Å². The minimum atomic E-state index is 0.156. The molecule has 4 rings (SSSR count). The number of hydrogen-bond donors (Lipinski definition) is 0. The quantitative estimate of drug-likeness (QED) is 0.681. The summed E-state index contributed by atoms with van der Waals surface area (Å²) in [5.74, 6) is 0.156. The number of nitrogens with zero attached hydrogens (tertiary/aromatic N) is 2. The smallest absolute Gasteiger partial charge is 0.246 e. The van der Waals surface area contributed by atoms with Crippen molar-refractivity contribution >= 4 is 23.3 Å². The maximum Gasteiger partial charge on any atom is 0.246 e. The van der Waals surface area contributed by atoms with Gasteiger partial charge in [0.05, 0.1) is 5.54 Å². The number of hydrogen-bond acceptors (Lipinski definition) is 3. The number of amides is 1. The number of carbonyl (C=O) groups excluding carboxylic acids is 1. The molecular weight excluding hydrogens is 364 g/mol. The van der Waals surface area contributed by atoms with Crippen molar-refractivity contribution in [1.29, 1.82) is 0 Å². The zero-order valence-electron chi connectivity index (χ0n) is 16.9. The van der Waals surface area contributed by atoms with Crippen molar-refractivity contribution in [3.8, 4) is 0 Å². The van der Waals surface area contributed by atoms with Gasteiger partial charge in [0.15, 0.2) is 0 Å². The van der Waals surface area contributed by atoms with Gasteiger partial charge in [-0.3, -0.25) is 9.69 Å². The van der Waals surface area contributed by atoms with E-state index in [-0.39, 0.29) is 11.4 Å². The molecule has 1 spiro atoms. The van der Waals surface area contributed by atoms with Crippen LogP contribution in [0.1, 0.15) is 42.5 Å². The molecule has 3 nitrogen and oxygen atoms in total. The molecule has 2 aromatic rings. The van der Waals surface area contributed by atoms with Crippen molar-refractivity contribution in [2.24, 2.45) is 5.41 Å². The standard InChI is InChI=1S/C24H30N2OS/c1-25(2)24(21-9-6-18-28-21)14-12-23(13-15-24)16-17-26(19-23)22(27)11-10-20-7-4-3-5-8-20/h3-11,18H,12-17,19H2,1-2H3. The summed E-state index contributed by atoms with van der Waals surface area (Å²) in [6.45, 7) is 1.81. The highest BCUT2D eigenvalue weighted by molar-refractivity contribution is 7.10. The van der Waals surface area contributed by atoms with Crippen LogP contribution in [-0.2, 0) is 10.3 Å². The minimum absolute atomic E-state index is 0.156. The lowest BCUT2D eigenvalue weighted by molar-refractivity contribution is -0.125. The van der Waals surface area contributed by atoms with Crippen molar-refractivity contribution in [3.63, 3.8) is 0 Å². The van der Waals surface area contributed by atoms with Gasteiger partial charge in [0, 0.05) is 24.0 Å². The Kier molecular flexibility index (Phi) is 5.44. The van der Waals surface area contributed by atoms with Crippen molar-refractivity contribution in [2.75, 3.05) is 27.2 Å². The van der Waals surface area contributed by atoms with E-state index < -0.39 is 0 Å². The van der Waals surface area contributed by atoms with Gasteiger partial charge in [-0.25, -0.2) is 0 Å². The van der Waals surface area contributed by atoms with Gasteiger partial charge in [-0.15, -0.1) is 11.3 Å². The number of likely N-dealkylation sites (tertiary alicyclic amines) is 1. The third-order valence-corrected chi connectivity index (χ3v) is 8.00. The van der Waals surface area contributed by atoms with Crippen LogP contribution < -0.4 is 0 Å². The molecule has 2 aliphatic rings. The number of carbonyl (C=O) groups is 1. The highest BCUT2D eigenvalue weighted by Crippen LogP contribution is 2.52. The fourth-order valence-electron chi connectivity index (χ4n) is 5.02. The lowest BCUT2D eigenvalue weighted by Gasteiger charge is -2.48. The average Bonchev–Trinajstić information content (AvgIpc) is 3.39. The SMILES string of the molecule is CN(C)C1(c2cccs2)CCC2(CCN(C(=O)C=Cc3ccccc3)C2)CC1. The molecule has 1 amide bonds. The molecule has 4 heteroatoms. The molecule has 0 unspecified atom stereocenters. The molecule has 148 valence electrons. The fourth-order valence-corrected chi connectivity index (χ4v) is 6.09. The molecule has 0 atom stereocenters. The van der Waals surface area contributed by atoms with E-state index in [1.807, 2.05) is 47.7 Å². The maximum atomic E-state index is 12.7. The Morgan fingerprint density at radius 1 is 1.04 bits per heavy atom. The molecule has 1 aliphatic carbocycles. The molecule has 28 heavy (non-hydrogen) atoms. The molecule has 0 bridgehead atoms. The molecule has 1 aromatic heterocycles. The summed E-state index contributed by atoms with van der Waals surface area (Å²) in [5.41, 5.74) is 1.56. The monoisotopic (exact) mass is 394 g/mol. The number of thiophene rings is 1. The highest BCUT2D eigenvalue weighted by Gasteiger charge is 2.48. The van der Waals surface area contributed by atoms with E-state index in [2.05, 4.69) is 41.4 Å². The first-order chi connectivity index (χ1) is 13.5. The van der Waals surface area contributed by atoms with Crippen LogP contribution in [0.4, 0.5) is 0 Å². The highest BCUT2D eigenvalue weighted by atomic mass is 32.1. The summed E-state index contributed by atoms with van der Waals surface area (Å²) in [6.07, 6.45) is 9.59. The summed E-state index contributed by atoms with van der Waals surface area (Å²) >= 11 is 1.88. The second kappa shape index (κ2) is 7.84. The van der Waals surface area contributed by atoms with Crippen LogP contribution in [-0.4, -0.2) is 42.9 Å². The maximum absolute atomic E-state index is 12.7. The van der Waals surface area contributed by atoms with E-state index in [1.165, 1.54) is 30.6 Å². The summed E-state index contributed by atoms with van der Waals surface area (Å²) in [6, 6.07) is 14.5.